The molecule has 1 unspecified atom stereocenters. The average molecular weight is 363 g/mol. The summed E-state index contributed by atoms with van der Waals surface area (Å²) in [5.74, 6) is 1.43. The molecular formula is C17H16Cl2N4O. The van der Waals surface area contributed by atoms with Crippen molar-refractivity contribution in [2.45, 2.75) is 12.8 Å². The van der Waals surface area contributed by atoms with Crippen LogP contribution in [0.4, 0.5) is 0 Å². The van der Waals surface area contributed by atoms with Crippen LogP contribution in [0.5, 0.6) is 11.5 Å². The van der Waals surface area contributed by atoms with Crippen molar-refractivity contribution in [3.8, 4) is 17.2 Å². The van der Waals surface area contributed by atoms with Gasteiger partial charge in [0, 0.05) is 11.6 Å². The Morgan fingerprint density at radius 3 is 2.50 bits per heavy atom. The van der Waals surface area contributed by atoms with Crippen LogP contribution in [-0.2, 0) is 0 Å². The highest BCUT2D eigenvalue weighted by molar-refractivity contribution is 6.42. The molecule has 0 fully saturated rings. The van der Waals surface area contributed by atoms with E-state index in [1.54, 1.807) is 35.4 Å². The van der Waals surface area contributed by atoms with Crippen LogP contribution in [0.1, 0.15) is 18.4 Å². The van der Waals surface area contributed by atoms with Crippen molar-refractivity contribution in [3.63, 3.8) is 0 Å². The van der Waals surface area contributed by atoms with Gasteiger partial charge in [-0.3, -0.25) is 0 Å². The Morgan fingerprint density at radius 2 is 1.83 bits per heavy atom. The van der Waals surface area contributed by atoms with E-state index in [1.807, 2.05) is 25.1 Å². The van der Waals surface area contributed by atoms with Crippen molar-refractivity contribution >= 4 is 23.2 Å². The predicted octanol–water partition coefficient (Wildman–Crippen LogP) is 4.43. The van der Waals surface area contributed by atoms with Gasteiger partial charge in [0.25, 0.3) is 0 Å². The number of nitrogens with two attached hydrogens (primary N) is 1. The fourth-order valence-corrected chi connectivity index (χ4v) is 2.57. The molecule has 0 aliphatic rings. The molecule has 0 saturated carbocycles. The van der Waals surface area contributed by atoms with Crippen molar-refractivity contribution in [2.75, 3.05) is 6.54 Å². The summed E-state index contributed by atoms with van der Waals surface area (Å²) < 4.78 is 5.99. The van der Waals surface area contributed by atoms with E-state index in [4.69, 9.17) is 33.7 Å². The third-order valence-corrected chi connectivity index (χ3v) is 4.39. The summed E-state index contributed by atoms with van der Waals surface area (Å²) in [7, 11) is 0. The number of ether oxygens (including phenoxy) is 1. The van der Waals surface area contributed by atoms with Gasteiger partial charge in [-0.05, 0) is 42.8 Å². The van der Waals surface area contributed by atoms with E-state index in [9.17, 15) is 0 Å². The molecule has 5 nitrogen and oxygen atoms in total. The van der Waals surface area contributed by atoms with Crippen molar-refractivity contribution in [2.24, 2.45) is 5.73 Å². The molecule has 0 aliphatic heterocycles. The zero-order chi connectivity index (χ0) is 17.1. The van der Waals surface area contributed by atoms with Gasteiger partial charge in [-0.2, -0.15) is 15.0 Å². The second-order valence-electron chi connectivity index (χ2n) is 5.36. The first-order valence-corrected chi connectivity index (χ1v) is 8.17. The molecule has 1 aromatic heterocycles. The first kappa shape index (κ1) is 16.8. The topological polar surface area (TPSA) is 66.0 Å². The van der Waals surface area contributed by atoms with Crippen LogP contribution < -0.4 is 10.5 Å². The number of benzene rings is 2. The largest absolute Gasteiger partial charge is 0.457 e. The van der Waals surface area contributed by atoms with Gasteiger partial charge in [0.1, 0.15) is 11.5 Å². The third kappa shape index (κ3) is 3.53. The molecule has 0 radical (unpaired) electrons. The van der Waals surface area contributed by atoms with Crippen molar-refractivity contribution in [1.82, 2.24) is 15.0 Å². The minimum absolute atomic E-state index is 0.110. The van der Waals surface area contributed by atoms with Gasteiger partial charge in [-0.15, -0.1) is 0 Å². The number of aromatic nitrogens is 3. The lowest BCUT2D eigenvalue weighted by Crippen LogP contribution is -2.11. The molecule has 0 aliphatic carbocycles. The van der Waals surface area contributed by atoms with Gasteiger partial charge in [0.05, 0.1) is 28.1 Å². The van der Waals surface area contributed by atoms with E-state index < -0.39 is 0 Å². The lowest BCUT2D eigenvalue weighted by Gasteiger charge is -2.17. The molecule has 2 aromatic carbocycles. The summed E-state index contributed by atoms with van der Waals surface area (Å²) in [5.41, 5.74) is 7.66. The quantitative estimate of drug-likeness (QED) is 0.728. The number of hydrogen-bond donors (Lipinski definition) is 1. The minimum Gasteiger partial charge on any atom is -0.457 e. The maximum atomic E-state index is 6.05. The molecule has 3 aromatic rings. The van der Waals surface area contributed by atoms with Gasteiger partial charge in [-0.1, -0.05) is 30.1 Å². The third-order valence-electron chi connectivity index (χ3n) is 3.65. The van der Waals surface area contributed by atoms with Crippen LogP contribution in [-0.4, -0.2) is 21.5 Å². The zero-order valence-corrected chi connectivity index (χ0v) is 14.5. The number of hydrogen-bond acceptors (Lipinski definition) is 4. The number of halogens is 2. The maximum absolute atomic E-state index is 6.05. The van der Waals surface area contributed by atoms with Crippen LogP contribution in [0.25, 0.3) is 5.69 Å². The predicted molar refractivity (Wildman–Crippen MR) is 95.4 cm³/mol. The average Bonchev–Trinajstić information content (AvgIpc) is 3.12. The van der Waals surface area contributed by atoms with Crippen LogP contribution in [0.15, 0.2) is 48.8 Å². The fourth-order valence-electron chi connectivity index (χ4n) is 2.28. The van der Waals surface area contributed by atoms with Crippen molar-refractivity contribution < 1.29 is 4.74 Å². The lowest BCUT2D eigenvalue weighted by atomic mass is 9.99. The van der Waals surface area contributed by atoms with Crippen LogP contribution >= 0.6 is 23.2 Å². The molecule has 3 rings (SSSR count). The molecule has 2 N–H and O–H groups in total. The van der Waals surface area contributed by atoms with E-state index in [1.165, 1.54) is 0 Å². The first-order chi connectivity index (χ1) is 11.6. The van der Waals surface area contributed by atoms with Crippen LogP contribution in [0.2, 0.25) is 10.0 Å². The standard InChI is InChI=1S/C17H16Cl2N4O/c1-11(10-20)14-8-12(23-21-6-7-22-23)2-5-17(14)24-13-3-4-15(18)16(19)9-13/h2-9,11H,10,20H2,1H3. The van der Waals surface area contributed by atoms with Crippen molar-refractivity contribution in [1.29, 1.82) is 0 Å². The molecule has 1 atom stereocenters. The SMILES string of the molecule is CC(CN)c1cc(-n2nccn2)ccc1Oc1ccc(Cl)c(Cl)c1. The Labute approximate surface area is 149 Å². The highest BCUT2D eigenvalue weighted by atomic mass is 35.5. The number of rotatable bonds is 5. The van der Waals surface area contributed by atoms with Crippen LogP contribution in [0, 0.1) is 0 Å². The van der Waals surface area contributed by atoms with Gasteiger partial charge >= 0.3 is 0 Å². The Kier molecular flexibility index (Phi) is 5.04. The molecule has 0 bridgehead atoms. The van der Waals surface area contributed by atoms with E-state index in [0.717, 1.165) is 11.3 Å². The summed E-state index contributed by atoms with van der Waals surface area (Å²) in [4.78, 5) is 1.55. The zero-order valence-electron chi connectivity index (χ0n) is 13.0. The second kappa shape index (κ2) is 7.21. The van der Waals surface area contributed by atoms with Gasteiger partial charge < -0.3 is 10.5 Å². The molecule has 0 amide bonds. The summed E-state index contributed by atoms with van der Waals surface area (Å²) in [6.45, 7) is 2.53. The monoisotopic (exact) mass is 362 g/mol. The Morgan fingerprint density at radius 1 is 1.08 bits per heavy atom. The molecular weight excluding hydrogens is 347 g/mol. The van der Waals surface area contributed by atoms with E-state index in [-0.39, 0.29) is 5.92 Å². The minimum atomic E-state index is 0.110. The number of nitrogens with zero attached hydrogens (tertiary/aromatic N) is 3. The van der Waals surface area contributed by atoms with Gasteiger partial charge in [-0.25, -0.2) is 0 Å². The highest BCUT2D eigenvalue weighted by Gasteiger charge is 2.14. The first-order valence-electron chi connectivity index (χ1n) is 7.42. The Bertz CT molecular complexity index is 837. The van der Waals surface area contributed by atoms with Crippen LogP contribution in [0.3, 0.4) is 0 Å². The molecule has 0 spiro atoms. The molecule has 1 heterocycles. The van der Waals surface area contributed by atoms with Gasteiger partial charge in [0.15, 0.2) is 0 Å². The Balaban J connectivity index is 1.98. The summed E-state index contributed by atoms with van der Waals surface area (Å²) in [6.07, 6.45) is 3.26. The molecule has 124 valence electrons. The Hall–Kier alpha value is -2.08. The molecule has 0 saturated heterocycles. The highest BCUT2D eigenvalue weighted by Crippen LogP contribution is 2.34. The molecule has 7 heteroatoms. The second-order valence-corrected chi connectivity index (χ2v) is 6.17. The van der Waals surface area contributed by atoms with E-state index >= 15 is 0 Å². The fraction of sp³-hybridized carbons (Fsp3) is 0.176. The normalized spacial score (nSPS) is 12.2. The summed E-state index contributed by atoms with van der Waals surface area (Å²) in [5, 5.41) is 9.23. The van der Waals surface area contributed by atoms with Gasteiger partial charge in [0.2, 0.25) is 0 Å². The summed E-state index contributed by atoms with van der Waals surface area (Å²) in [6, 6.07) is 10.9. The molecule has 24 heavy (non-hydrogen) atoms. The van der Waals surface area contributed by atoms with E-state index in [2.05, 4.69) is 10.2 Å². The smallest absolute Gasteiger partial charge is 0.131 e. The van der Waals surface area contributed by atoms with E-state index in [0.29, 0.717) is 28.1 Å². The van der Waals surface area contributed by atoms with Crippen molar-refractivity contribution in [3.05, 3.63) is 64.4 Å². The maximum Gasteiger partial charge on any atom is 0.131 e. The lowest BCUT2D eigenvalue weighted by molar-refractivity contribution is 0.471. The summed E-state index contributed by atoms with van der Waals surface area (Å²) >= 11 is 12.0.